The van der Waals surface area contributed by atoms with E-state index in [1.54, 1.807) is 0 Å². The minimum absolute atomic E-state index is 0.520. The number of rotatable bonds is 6. The molecule has 0 saturated carbocycles. The van der Waals surface area contributed by atoms with Crippen LogP contribution in [0.5, 0.6) is 0 Å². The van der Waals surface area contributed by atoms with Gasteiger partial charge in [0.05, 0.1) is 0 Å². The lowest BCUT2D eigenvalue weighted by Crippen LogP contribution is -2.29. The molecule has 0 aliphatic rings. The van der Waals surface area contributed by atoms with Crippen LogP contribution in [0.15, 0.2) is 12.4 Å². The summed E-state index contributed by atoms with van der Waals surface area (Å²) < 4.78 is 2.24. The van der Waals surface area contributed by atoms with Crippen molar-refractivity contribution in [2.45, 2.75) is 52.6 Å². The average molecular weight is 209 g/mol. The van der Waals surface area contributed by atoms with E-state index in [4.69, 9.17) is 0 Å². The Balaban J connectivity index is 2.42. The number of nitrogens with zero attached hydrogens (tertiary/aromatic N) is 2. The molecule has 1 aromatic rings. The zero-order chi connectivity index (χ0) is 11.3. The number of nitrogens with one attached hydrogen (secondary N) is 1. The van der Waals surface area contributed by atoms with Gasteiger partial charge in [0.25, 0.3) is 0 Å². The van der Waals surface area contributed by atoms with E-state index in [-0.39, 0.29) is 0 Å². The van der Waals surface area contributed by atoms with Crippen LogP contribution in [0.4, 0.5) is 0 Å². The second-order valence-corrected chi connectivity index (χ2v) is 4.32. The van der Waals surface area contributed by atoms with Crippen molar-refractivity contribution < 1.29 is 0 Å². The van der Waals surface area contributed by atoms with Gasteiger partial charge in [0.2, 0.25) is 0 Å². The van der Waals surface area contributed by atoms with Crippen LogP contribution in [-0.4, -0.2) is 22.1 Å². The molecule has 15 heavy (non-hydrogen) atoms. The van der Waals surface area contributed by atoms with Gasteiger partial charge in [-0.05, 0) is 40.2 Å². The quantitative estimate of drug-likeness (QED) is 0.780. The second kappa shape index (κ2) is 5.91. The predicted octanol–water partition coefficient (Wildman–Crippen LogP) is 2.53. The summed E-state index contributed by atoms with van der Waals surface area (Å²) in [6.45, 7) is 9.86. The fourth-order valence-electron chi connectivity index (χ4n) is 1.95. The Hall–Kier alpha value is -0.830. The predicted molar refractivity (Wildman–Crippen MR) is 64.0 cm³/mol. The van der Waals surface area contributed by atoms with Crippen molar-refractivity contribution in [3.8, 4) is 0 Å². The zero-order valence-corrected chi connectivity index (χ0v) is 10.3. The van der Waals surface area contributed by atoms with Gasteiger partial charge < -0.3 is 9.88 Å². The van der Waals surface area contributed by atoms with Crippen molar-refractivity contribution in [2.75, 3.05) is 6.54 Å². The van der Waals surface area contributed by atoms with Crippen LogP contribution in [0.25, 0.3) is 0 Å². The van der Waals surface area contributed by atoms with E-state index in [1.165, 1.54) is 6.42 Å². The van der Waals surface area contributed by atoms with Crippen LogP contribution in [0.3, 0.4) is 0 Å². The molecule has 1 aromatic heterocycles. The van der Waals surface area contributed by atoms with Crippen molar-refractivity contribution in [1.82, 2.24) is 14.9 Å². The smallest absolute Gasteiger partial charge is 0.105 e. The minimum atomic E-state index is 0.520. The average Bonchev–Trinajstić information content (AvgIpc) is 2.61. The van der Waals surface area contributed by atoms with Gasteiger partial charge in [-0.15, -0.1) is 0 Å². The molecule has 0 radical (unpaired) electrons. The SMILES string of the molecule is CCCNC(C)CC(C)n1ccnc1C. The highest BCUT2D eigenvalue weighted by molar-refractivity contribution is 4.91. The van der Waals surface area contributed by atoms with Crippen LogP contribution < -0.4 is 5.32 Å². The third-order valence-electron chi connectivity index (χ3n) is 2.77. The standard InChI is InChI=1S/C12H23N3/c1-5-6-13-10(2)9-11(3)15-8-7-14-12(15)4/h7-8,10-11,13H,5-6,9H2,1-4H3. The zero-order valence-electron chi connectivity index (χ0n) is 10.3. The molecule has 0 aliphatic heterocycles. The molecule has 0 bridgehead atoms. The molecule has 0 saturated heterocycles. The molecule has 86 valence electrons. The molecule has 1 heterocycles. The fourth-order valence-corrected chi connectivity index (χ4v) is 1.95. The minimum Gasteiger partial charge on any atom is -0.332 e. The third kappa shape index (κ3) is 3.67. The van der Waals surface area contributed by atoms with E-state index in [9.17, 15) is 0 Å². The Morgan fingerprint density at radius 1 is 1.47 bits per heavy atom. The topological polar surface area (TPSA) is 29.9 Å². The van der Waals surface area contributed by atoms with E-state index < -0.39 is 0 Å². The summed E-state index contributed by atoms with van der Waals surface area (Å²) in [7, 11) is 0. The Labute approximate surface area is 92.9 Å². The Kier molecular flexibility index (Phi) is 4.82. The summed E-state index contributed by atoms with van der Waals surface area (Å²) in [6, 6.07) is 1.09. The number of hydrogen-bond donors (Lipinski definition) is 1. The van der Waals surface area contributed by atoms with E-state index in [0.717, 1.165) is 18.8 Å². The molecule has 1 N–H and O–H groups in total. The lowest BCUT2D eigenvalue weighted by Gasteiger charge is -2.20. The number of hydrogen-bond acceptors (Lipinski definition) is 2. The van der Waals surface area contributed by atoms with Crippen LogP contribution in [-0.2, 0) is 0 Å². The maximum Gasteiger partial charge on any atom is 0.105 e. The first-order valence-corrected chi connectivity index (χ1v) is 5.88. The first kappa shape index (κ1) is 12.2. The van der Waals surface area contributed by atoms with Crippen LogP contribution in [0, 0.1) is 6.92 Å². The highest BCUT2D eigenvalue weighted by Crippen LogP contribution is 2.14. The van der Waals surface area contributed by atoms with Gasteiger partial charge in [0.1, 0.15) is 5.82 Å². The lowest BCUT2D eigenvalue weighted by atomic mass is 10.1. The summed E-state index contributed by atoms with van der Waals surface area (Å²) in [5.41, 5.74) is 0. The van der Waals surface area contributed by atoms with E-state index in [2.05, 4.69) is 48.8 Å². The molecule has 1 rings (SSSR count). The summed E-state index contributed by atoms with van der Waals surface area (Å²) >= 11 is 0. The monoisotopic (exact) mass is 209 g/mol. The van der Waals surface area contributed by atoms with Gasteiger partial charge in [-0.25, -0.2) is 4.98 Å². The molecule has 2 atom stereocenters. The van der Waals surface area contributed by atoms with Gasteiger partial charge in [-0.3, -0.25) is 0 Å². The van der Waals surface area contributed by atoms with E-state index >= 15 is 0 Å². The van der Waals surface area contributed by atoms with E-state index in [1.807, 2.05) is 6.20 Å². The molecule has 0 aliphatic carbocycles. The molecule has 2 unspecified atom stereocenters. The lowest BCUT2D eigenvalue weighted by molar-refractivity contribution is 0.408. The van der Waals surface area contributed by atoms with Gasteiger partial charge >= 0.3 is 0 Å². The van der Waals surface area contributed by atoms with Gasteiger partial charge in [0.15, 0.2) is 0 Å². The van der Waals surface area contributed by atoms with Crippen molar-refractivity contribution >= 4 is 0 Å². The first-order chi connectivity index (χ1) is 7.15. The summed E-state index contributed by atoms with van der Waals surface area (Å²) in [6.07, 6.45) is 6.28. The van der Waals surface area contributed by atoms with Crippen molar-refractivity contribution in [3.63, 3.8) is 0 Å². The summed E-state index contributed by atoms with van der Waals surface area (Å²) in [5.74, 6) is 1.10. The van der Waals surface area contributed by atoms with Crippen LogP contribution in [0.2, 0.25) is 0 Å². The Morgan fingerprint density at radius 3 is 2.73 bits per heavy atom. The van der Waals surface area contributed by atoms with Crippen molar-refractivity contribution in [3.05, 3.63) is 18.2 Å². The van der Waals surface area contributed by atoms with Crippen LogP contribution in [0.1, 0.15) is 45.5 Å². The molecule has 0 spiro atoms. The first-order valence-electron chi connectivity index (χ1n) is 5.88. The van der Waals surface area contributed by atoms with E-state index in [0.29, 0.717) is 12.1 Å². The molecule has 0 fully saturated rings. The molecule has 0 amide bonds. The highest BCUT2D eigenvalue weighted by atomic mass is 15.1. The van der Waals surface area contributed by atoms with Crippen molar-refractivity contribution in [2.24, 2.45) is 0 Å². The normalized spacial score (nSPS) is 15.2. The largest absolute Gasteiger partial charge is 0.332 e. The Bertz CT molecular complexity index is 280. The Morgan fingerprint density at radius 2 is 2.20 bits per heavy atom. The number of aromatic nitrogens is 2. The highest BCUT2D eigenvalue weighted by Gasteiger charge is 2.10. The second-order valence-electron chi connectivity index (χ2n) is 4.32. The third-order valence-corrected chi connectivity index (χ3v) is 2.77. The molecular weight excluding hydrogens is 186 g/mol. The molecule has 0 aromatic carbocycles. The number of imidazole rings is 1. The van der Waals surface area contributed by atoms with Gasteiger partial charge in [0, 0.05) is 24.5 Å². The fraction of sp³-hybridized carbons (Fsp3) is 0.750. The maximum absolute atomic E-state index is 4.25. The van der Waals surface area contributed by atoms with Gasteiger partial charge in [-0.2, -0.15) is 0 Å². The maximum atomic E-state index is 4.25. The number of aryl methyl sites for hydroxylation is 1. The summed E-state index contributed by atoms with van der Waals surface area (Å²) in [4.78, 5) is 4.25. The van der Waals surface area contributed by atoms with Crippen molar-refractivity contribution in [1.29, 1.82) is 0 Å². The molecular formula is C12H23N3. The van der Waals surface area contributed by atoms with Gasteiger partial charge in [-0.1, -0.05) is 6.92 Å². The molecule has 3 heteroatoms. The van der Waals surface area contributed by atoms with Crippen LogP contribution >= 0.6 is 0 Å². The molecule has 3 nitrogen and oxygen atoms in total. The summed E-state index contributed by atoms with van der Waals surface area (Å²) in [5, 5.41) is 3.51.